The van der Waals surface area contributed by atoms with E-state index in [1.54, 1.807) is 56.4 Å². The molecule has 7 nitrogen and oxygen atoms in total. The van der Waals surface area contributed by atoms with Gasteiger partial charge in [0.1, 0.15) is 0 Å². The first-order valence-corrected chi connectivity index (χ1v) is 12.0. The van der Waals surface area contributed by atoms with E-state index >= 15 is 0 Å². The molecule has 33 heavy (non-hydrogen) atoms. The molecular weight excluding hydrogens is 438 g/mol. The zero-order valence-electron chi connectivity index (χ0n) is 18.8. The maximum absolute atomic E-state index is 13.1. The summed E-state index contributed by atoms with van der Waals surface area (Å²) >= 11 is 0. The molecule has 0 saturated heterocycles. The highest BCUT2D eigenvalue weighted by Gasteiger charge is 2.21. The van der Waals surface area contributed by atoms with Crippen molar-refractivity contribution in [2.45, 2.75) is 24.8 Å². The Balaban J connectivity index is 1.77. The molecule has 3 aromatic rings. The van der Waals surface area contributed by atoms with Crippen LogP contribution < -0.4 is 10.0 Å². The molecule has 0 spiro atoms. The molecule has 2 amide bonds. The van der Waals surface area contributed by atoms with Crippen LogP contribution in [0.15, 0.2) is 83.8 Å². The van der Waals surface area contributed by atoms with Gasteiger partial charge in [0, 0.05) is 30.4 Å². The maximum atomic E-state index is 13.1. The average Bonchev–Trinajstić information content (AvgIpc) is 2.83. The van der Waals surface area contributed by atoms with Gasteiger partial charge in [-0.3, -0.25) is 9.59 Å². The molecule has 0 heterocycles. The van der Waals surface area contributed by atoms with Crippen molar-refractivity contribution >= 4 is 27.5 Å². The summed E-state index contributed by atoms with van der Waals surface area (Å²) in [5.74, 6) is -0.529. The van der Waals surface area contributed by atoms with Crippen LogP contribution >= 0.6 is 0 Å². The Morgan fingerprint density at radius 2 is 1.58 bits per heavy atom. The number of benzene rings is 3. The van der Waals surface area contributed by atoms with Gasteiger partial charge >= 0.3 is 0 Å². The molecule has 0 aliphatic carbocycles. The van der Waals surface area contributed by atoms with Crippen LogP contribution in [0.4, 0.5) is 5.69 Å². The number of carbonyl (C=O) groups is 2. The molecule has 0 fully saturated rings. The first-order chi connectivity index (χ1) is 15.7. The summed E-state index contributed by atoms with van der Waals surface area (Å²) in [6.45, 7) is 3.82. The number of hydrogen-bond acceptors (Lipinski definition) is 4. The smallest absolute Gasteiger partial charge is 0.255 e. The third-order valence-corrected chi connectivity index (χ3v) is 6.83. The molecule has 1 atom stereocenters. The Morgan fingerprint density at radius 3 is 2.27 bits per heavy atom. The number of nitrogens with one attached hydrogen (secondary N) is 2. The minimum Gasteiger partial charge on any atom is -0.335 e. The number of carbonyl (C=O) groups excluding carboxylic acids is 2. The Morgan fingerprint density at radius 1 is 0.909 bits per heavy atom. The van der Waals surface area contributed by atoms with Gasteiger partial charge in [0.2, 0.25) is 10.0 Å². The first-order valence-electron chi connectivity index (χ1n) is 10.6. The van der Waals surface area contributed by atoms with E-state index in [-0.39, 0.29) is 34.9 Å². The highest BCUT2D eigenvalue weighted by Crippen LogP contribution is 2.24. The molecule has 1 unspecified atom stereocenters. The summed E-state index contributed by atoms with van der Waals surface area (Å²) in [7, 11) is -2.01. The lowest BCUT2D eigenvalue weighted by Crippen LogP contribution is -2.30. The fraction of sp³-hybridized carbons (Fsp3) is 0.200. The van der Waals surface area contributed by atoms with Crippen LogP contribution in [0.2, 0.25) is 0 Å². The maximum Gasteiger partial charge on any atom is 0.255 e. The van der Waals surface area contributed by atoms with Gasteiger partial charge in [0.15, 0.2) is 0 Å². The van der Waals surface area contributed by atoms with Gasteiger partial charge in [-0.05, 0) is 55.0 Å². The van der Waals surface area contributed by atoms with Gasteiger partial charge in [0.05, 0.1) is 10.9 Å². The van der Waals surface area contributed by atoms with Gasteiger partial charge < -0.3 is 10.2 Å². The van der Waals surface area contributed by atoms with Gasteiger partial charge in [-0.15, -0.1) is 0 Å². The van der Waals surface area contributed by atoms with Crippen molar-refractivity contribution in [2.24, 2.45) is 0 Å². The number of rotatable bonds is 8. The van der Waals surface area contributed by atoms with Gasteiger partial charge in [-0.25, -0.2) is 13.1 Å². The molecule has 0 aliphatic rings. The van der Waals surface area contributed by atoms with Crippen molar-refractivity contribution in [3.8, 4) is 0 Å². The van der Waals surface area contributed by atoms with Crippen LogP contribution in [-0.2, 0) is 10.0 Å². The van der Waals surface area contributed by atoms with Crippen LogP contribution in [-0.4, -0.2) is 38.7 Å². The predicted molar refractivity (Wildman–Crippen MR) is 129 cm³/mol. The van der Waals surface area contributed by atoms with Crippen LogP contribution in [0.3, 0.4) is 0 Å². The molecular formula is C25H27N3O4S. The van der Waals surface area contributed by atoms with E-state index in [0.717, 1.165) is 5.56 Å². The van der Waals surface area contributed by atoms with E-state index in [1.807, 2.05) is 31.2 Å². The third-order valence-electron chi connectivity index (χ3n) is 5.29. The van der Waals surface area contributed by atoms with Crippen molar-refractivity contribution in [2.75, 3.05) is 18.9 Å². The highest BCUT2D eigenvalue weighted by molar-refractivity contribution is 7.89. The van der Waals surface area contributed by atoms with E-state index in [4.69, 9.17) is 0 Å². The average molecular weight is 466 g/mol. The van der Waals surface area contributed by atoms with Crippen molar-refractivity contribution in [1.82, 2.24) is 9.62 Å². The van der Waals surface area contributed by atoms with Gasteiger partial charge in [0.25, 0.3) is 11.8 Å². The molecule has 0 bridgehead atoms. The second-order valence-corrected chi connectivity index (χ2v) is 9.33. The van der Waals surface area contributed by atoms with Crippen molar-refractivity contribution in [1.29, 1.82) is 0 Å². The van der Waals surface area contributed by atoms with Gasteiger partial charge in [-0.1, -0.05) is 43.3 Å². The van der Waals surface area contributed by atoms with Crippen LogP contribution in [0.25, 0.3) is 0 Å². The highest BCUT2D eigenvalue weighted by atomic mass is 32.2. The molecule has 0 saturated carbocycles. The molecule has 0 radical (unpaired) electrons. The largest absolute Gasteiger partial charge is 0.335 e. The number of amides is 2. The Labute approximate surface area is 194 Å². The van der Waals surface area contributed by atoms with E-state index < -0.39 is 10.0 Å². The normalized spacial score (nSPS) is 12.1. The number of hydrogen-bond donors (Lipinski definition) is 2. The lowest BCUT2D eigenvalue weighted by Gasteiger charge is -2.26. The second kappa shape index (κ2) is 10.4. The van der Waals surface area contributed by atoms with Crippen LogP contribution in [0.1, 0.15) is 46.2 Å². The summed E-state index contributed by atoms with van der Waals surface area (Å²) in [5, 5.41) is 2.87. The quantitative estimate of drug-likeness (QED) is 0.524. The standard InChI is InChI=1S/C25H27N3O4S/c1-4-26-33(31,32)23-15-9-13-21(17-23)25(30)28(3)18(2)20-12-8-14-22(16-20)27-24(29)19-10-6-5-7-11-19/h5-18,26H,4H2,1-3H3,(H,27,29). The van der Waals surface area contributed by atoms with Crippen molar-refractivity contribution < 1.29 is 18.0 Å². The topological polar surface area (TPSA) is 95.6 Å². The number of nitrogens with zero attached hydrogens (tertiary/aromatic N) is 1. The summed E-state index contributed by atoms with van der Waals surface area (Å²) < 4.78 is 27.0. The summed E-state index contributed by atoms with van der Waals surface area (Å²) in [6.07, 6.45) is 0. The molecule has 172 valence electrons. The van der Waals surface area contributed by atoms with Crippen LogP contribution in [0, 0.1) is 0 Å². The van der Waals surface area contributed by atoms with Crippen molar-refractivity contribution in [3.63, 3.8) is 0 Å². The summed E-state index contributed by atoms with van der Waals surface area (Å²) in [5.41, 5.74) is 2.27. The lowest BCUT2D eigenvalue weighted by molar-refractivity contribution is 0.0742. The Hall–Kier alpha value is -3.49. The molecule has 2 N–H and O–H groups in total. The van der Waals surface area contributed by atoms with E-state index in [9.17, 15) is 18.0 Å². The summed E-state index contributed by atoms with van der Waals surface area (Å²) in [4.78, 5) is 27.1. The number of sulfonamides is 1. The SMILES string of the molecule is CCNS(=O)(=O)c1cccc(C(=O)N(C)C(C)c2cccc(NC(=O)c3ccccc3)c2)c1. The minimum atomic E-state index is -3.67. The molecule has 8 heteroatoms. The fourth-order valence-electron chi connectivity index (χ4n) is 3.34. The van der Waals surface area contributed by atoms with Crippen molar-refractivity contribution in [3.05, 3.63) is 95.6 Å². The molecule has 0 aromatic heterocycles. The molecule has 3 rings (SSSR count). The number of anilines is 1. The minimum absolute atomic E-state index is 0.0434. The molecule has 0 aliphatic heterocycles. The van der Waals surface area contributed by atoms with E-state index in [0.29, 0.717) is 11.3 Å². The van der Waals surface area contributed by atoms with Gasteiger partial charge in [-0.2, -0.15) is 0 Å². The Bertz CT molecular complexity index is 1240. The fourth-order valence-corrected chi connectivity index (χ4v) is 4.43. The Kier molecular flexibility index (Phi) is 7.63. The first kappa shape index (κ1) is 24.2. The monoisotopic (exact) mass is 465 g/mol. The molecule has 3 aromatic carbocycles. The summed E-state index contributed by atoms with van der Waals surface area (Å²) in [6, 6.07) is 21.9. The second-order valence-electron chi connectivity index (χ2n) is 7.57. The van der Waals surface area contributed by atoms with E-state index in [2.05, 4.69) is 10.0 Å². The zero-order chi connectivity index (χ0) is 24.0. The predicted octanol–water partition coefficient (Wildman–Crippen LogP) is 4.07. The van der Waals surface area contributed by atoms with Crippen LogP contribution in [0.5, 0.6) is 0 Å². The zero-order valence-corrected chi connectivity index (χ0v) is 19.6. The van der Waals surface area contributed by atoms with E-state index in [1.165, 1.54) is 17.0 Å². The third kappa shape index (κ3) is 5.85. The lowest BCUT2D eigenvalue weighted by atomic mass is 10.1.